The molecule has 36 heavy (non-hydrogen) atoms. The van der Waals surface area contributed by atoms with E-state index in [1.807, 2.05) is 31.2 Å². The number of hydrogen-bond donors (Lipinski definition) is 1. The van der Waals surface area contributed by atoms with Gasteiger partial charge in [0.15, 0.2) is 11.4 Å². The van der Waals surface area contributed by atoms with Crippen LogP contribution in [0.2, 0.25) is 0 Å². The first-order valence-electron chi connectivity index (χ1n) is 12.1. The molecule has 0 bridgehead atoms. The molecular formula is C28H28N2O5S. The van der Waals surface area contributed by atoms with Crippen LogP contribution in [0.5, 0.6) is 5.75 Å². The van der Waals surface area contributed by atoms with E-state index in [2.05, 4.69) is 29.6 Å². The molecule has 0 saturated heterocycles. The van der Waals surface area contributed by atoms with Crippen molar-refractivity contribution in [3.8, 4) is 5.75 Å². The second-order valence-electron chi connectivity index (χ2n) is 8.93. The number of unbranched alkanes of at least 4 members (excludes halogenated alkanes) is 1. The maximum atomic E-state index is 13.3. The van der Waals surface area contributed by atoms with E-state index in [-0.39, 0.29) is 35.6 Å². The average Bonchev–Trinajstić information content (AvgIpc) is 3.07. The molecule has 0 spiro atoms. The lowest BCUT2D eigenvalue weighted by Crippen LogP contribution is -2.44. The van der Waals surface area contributed by atoms with Crippen LogP contribution in [0.25, 0.3) is 0 Å². The smallest absolute Gasteiger partial charge is 0.343 e. The van der Waals surface area contributed by atoms with E-state index in [1.165, 1.54) is 23.8 Å². The molecule has 0 saturated carbocycles. The third-order valence-corrected chi connectivity index (χ3v) is 7.94. The highest BCUT2D eigenvalue weighted by atomic mass is 32.2. The zero-order chi connectivity index (χ0) is 25.2. The summed E-state index contributed by atoms with van der Waals surface area (Å²) < 4.78 is 12.6. The van der Waals surface area contributed by atoms with Crippen LogP contribution in [0.4, 0.5) is 0 Å². The molecule has 3 aromatic rings. The summed E-state index contributed by atoms with van der Waals surface area (Å²) in [5, 5.41) is 2.99. The number of carbonyl (C=O) groups is 2. The van der Waals surface area contributed by atoms with Gasteiger partial charge in [-0.3, -0.25) is 9.59 Å². The van der Waals surface area contributed by atoms with Crippen LogP contribution in [-0.2, 0) is 10.5 Å². The van der Waals surface area contributed by atoms with E-state index in [1.54, 1.807) is 16.3 Å². The van der Waals surface area contributed by atoms with Gasteiger partial charge in [-0.15, -0.1) is 11.8 Å². The van der Waals surface area contributed by atoms with E-state index >= 15 is 0 Å². The van der Waals surface area contributed by atoms with Crippen LogP contribution in [0.3, 0.4) is 0 Å². The maximum Gasteiger partial charge on any atom is 0.343 e. The Labute approximate surface area is 213 Å². The molecule has 1 N–H and O–H groups in total. The van der Waals surface area contributed by atoms with Gasteiger partial charge in [-0.05, 0) is 29.2 Å². The minimum Gasteiger partial charge on any atom is -0.487 e. The Kier molecular flexibility index (Phi) is 6.87. The van der Waals surface area contributed by atoms with Crippen LogP contribution >= 0.6 is 11.8 Å². The number of carbonyl (C=O) groups excluding carboxylic acids is 2. The number of benzene rings is 2. The lowest BCUT2D eigenvalue weighted by molar-refractivity contribution is 0.0595. The molecule has 2 aliphatic heterocycles. The number of hydrogen-bond acceptors (Lipinski definition) is 6. The van der Waals surface area contributed by atoms with Crippen molar-refractivity contribution >= 4 is 23.6 Å². The standard InChI is InChI=1S/C28H28N2O5S/c1-3-4-13-35-26-24-27(32)29-14-21(30(24)15-20(25(26)31)28(33)34-2)23-18-10-6-5-9-17(18)16-36-22-12-8-7-11-19(22)23/h5-12,15,21,23H,3-4,13-14,16H2,1-2H3,(H,29,32)/t21-,23?/m1/s1. The van der Waals surface area contributed by atoms with Gasteiger partial charge in [-0.2, -0.15) is 0 Å². The van der Waals surface area contributed by atoms with E-state index in [0.29, 0.717) is 13.0 Å². The lowest BCUT2D eigenvalue weighted by atomic mass is 9.81. The Morgan fingerprint density at radius 3 is 2.64 bits per heavy atom. The second-order valence-corrected chi connectivity index (χ2v) is 9.95. The molecule has 1 amide bonds. The number of thioether (sulfide) groups is 1. The summed E-state index contributed by atoms with van der Waals surface area (Å²) in [6.07, 6.45) is 3.05. The highest BCUT2D eigenvalue weighted by Crippen LogP contribution is 2.46. The largest absolute Gasteiger partial charge is 0.487 e. The molecule has 2 aromatic carbocycles. The average molecular weight is 505 g/mol. The molecule has 186 valence electrons. The fraction of sp³-hybridized carbons (Fsp3) is 0.321. The first kappa shape index (κ1) is 24.2. The molecule has 0 radical (unpaired) electrons. The molecule has 2 aliphatic rings. The number of esters is 1. The quantitative estimate of drug-likeness (QED) is 0.392. The first-order chi connectivity index (χ1) is 17.5. The van der Waals surface area contributed by atoms with Crippen molar-refractivity contribution < 1.29 is 19.1 Å². The minimum atomic E-state index is -0.752. The number of nitrogens with one attached hydrogen (secondary N) is 1. The maximum absolute atomic E-state index is 13.3. The van der Waals surface area contributed by atoms with Crippen molar-refractivity contribution in [1.29, 1.82) is 0 Å². The summed E-state index contributed by atoms with van der Waals surface area (Å²) in [7, 11) is 1.24. The summed E-state index contributed by atoms with van der Waals surface area (Å²) in [6, 6.07) is 16.3. The van der Waals surface area contributed by atoms with Crippen molar-refractivity contribution in [3.63, 3.8) is 0 Å². The molecule has 1 unspecified atom stereocenters. The van der Waals surface area contributed by atoms with Crippen molar-refractivity contribution in [3.05, 3.63) is 92.9 Å². The summed E-state index contributed by atoms with van der Waals surface area (Å²) in [4.78, 5) is 40.2. The zero-order valence-corrected chi connectivity index (χ0v) is 21.1. The Morgan fingerprint density at radius 2 is 1.86 bits per heavy atom. The van der Waals surface area contributed by atoms with Crippen molar-refractivity contribution in [2.75, 3.05) is 20.3 Å². The zero-order valence-electron chi connectivity index (χ0n) is 20.3. The molecule has 2 atom stereocenters. The molecule has 5 rings (SSSR count). The van der Waals surface area contributed by atoms with Gasteiger partial charge in [0.2, 0.25) is 5.43 Å². The van der Waals surface area contributed by atoms with Gasteiger partial charge >= 0.3 is 5.97 Å². The number of rotatable bonds is 6. The third kappa shape index (κ3) is 4.19. The number of aromatic nitrogens is 1. The molecule has 1 aromatic heterocycles. The lowest BCUT2D eigenvalue weighted by Gasteiger charge is -2.36. The van der Waals surface area contributed by atoms with E-state index in [4.69, 9.17) is 9.47 Å². The topological polar surface area (TPSA) is 86.6 Å². The van der Waals surface area contributed by atoms with Crippen molar-refractivity contribution in [1.82, 2.24) is 9.88 Å². The molecule has 3 heterocycles. The summed E-state index contributed by atoms with van der Waals surface area (Å²) in [5.74, 6) is -0.534. The Hall–Kier alpha value is -3.52. The monoisotopic (exact) mass is 504 g/mol. The molecule has 8 heteroatoms. The van der Waals surface area contributed by atoms with Gasteiger partial charge < -0.3 is 19.4 Å². The molecule has 0 aliphatic carbocycles. The van der Waals surface area contributed by atoms with E-state index < -0.39 is 17.3 Å². The summed E-state index contributed by atoms with van der Waals surface area (Å²) >= 11 is 1.79. The number of ether oxygens (including phenoxy) is 2. The highest BCUT2D eigenvalue weighted by molar-refractivity contribution is 7.98. The van der Waals surface area contributed by atoms with Crippen LogP contribution in [0, 0.1) is 0 Å². The summed E-state index contributed by atoms with van der Waals surface area (Å²) in [5.41, 5.74) is 2.90. The van der Waals surface area contributed by atoms with Gasteiger partial charge in [-0.25, -0.2) is 4.79 Å². The van der Waals surface area contributed by atoms with Gasteiger partial charge in [0.25, 0.3) is 5.91 Å². The van der Waals surface area contributed by atoms with Crippen LogP contribution in [0.1, 0.15) is 69.3 Å². The van der Waals surface area contributed by atoms with Crippen LogP contribution in [-0.4, -0.2) is 36.7 Å². The highest BCUT2D eigenvalue weighted by Gasteiger charge is 2.39. The Bertz CT molecular complexity index is 1340. The molecular weight excluding hydrogens is 476 g/mol. The second kappa shape index (κ2) is 10.2. The summed E-state index contributed by atoms with van der Waals surface area (Å²) in [6.45, 7) is 2.62. The van der Waals surface area contributed by atoms with Gasteiger partial charge in [0.1, 0.15) is 5.56 Å². The van der Waals surface area contributed by atoms with Gasteiger partial charge in [-0.1, -0.05) is 55.8 Å². The van der Waals surface area contributed by atoms with Crippen LogP contribution in [0.15, 0.2) is 64.4 Å². The number of amides is 1. The minimum absolute atomic E-state index is 0.0990. The van der Waals surface area contributed by atoms with E-state index in [0.717, 1.165) is 23.3 Å². The normalized spacial score (nSPS) is 18.2. The molecule has 0 fully saturated rings. The fourth-order valence-electron chi connectivity index (χ4n) is 5.03. The SMILES string of the molecule is CCCCOc1c2n(cc(C(=O)OC)c1=O)[C@@H](C1c3ccccc3CSc3ccccc31)CNC2=O. The van der Waals surface area contributed by atoms with Crippen molar-refractivity contribution in [2.45, 2.75) is 42.4 Å². The first-order valence-corrected chi connectivity index (χ1v) is 13.1. The predicted molar refractivity (Wildman–Crippen MR) is 138 cm³/mol. The number of pyridine rings is 1. The van der Waals surface area contributed by atoms with Gasteiger partial charge in [0.05, 0.1) is 19.8 Å². The third-order valence-electron chi connectivity index (χ3n) is 6.80. The molecule has 7 nitrogen and oxygen atoms in total. The Balaban J connectivity index is 1.75. The number of methoxy groups -OCH3 is 1. The number of fused-ring (bicyclic) bond motifs is 3. The Morgan fingerprint density at radius 1 is 1.11 bits per heavy atom. The predicted octanol–water partition coefficient (Wildman–Crippen LogP) is 4.54. The van der Waals surface area contributed by atoms with Crippen molar-refractivity contribution in [2.24, 2.45) is 0 Å². The number of nitrogens with zero attached hydrogens (tertiary/aromatic N) is 1. The van der Waals surface area contributed by atoms with E-state index in [9.17, 15) is 14.4 Å². The van der Waals surface area contributed by atoms with Crippen LogP contribution < -0.4 is 15.5 Å². The fourth-order valence-corrected chi connectivity index (χ4v) is 6.14. The van der Waals surface area contributed by atoms with Gasteiger partial charge in [0, 0.05) is 29.3 Å².